The molecule has 0 bridgehead atoms. The van der Waals surface area contributed by atoms with E-state index in [1.54, 1.807) is 11.5 Å². The lowest BCUT2D eigenvalue weighted by Gasteiger charge is -2.24. The normalized spacial score (nSPS) is 19.1. The number of hydrogen-bond acceptors (Lipinski definition) is 3. The molecule has 3 amide bonds. The Morgan fingerprint density at radius 3 is 2.44 bits per heavy atom. The fourth-order valence-corrected chi connectivity index (χ4v) is 4.04. The summed E-state index contributed by atoms with van der Waals surface area (Å²) in [6, 6.07) is 7.45. The number of fused-ring (bicyclic) bond motifs is 1. The maximum atomic E-state index is 13.6. The van der Waals surface area contributed by atoms with E-state index in [4.69, 9.17) is 0 Å². The van der Waals surface area contributed by atoms with Gasteiger partial charge in [-0.3, -0.25) is 0 Å². The third-order valence-electron chi connectivity index (χ3n) is 4.23. The lowest BCUT2D eigenvalue weighted by atomic mass is 10.1. The molecule has 0 fully saturated rings. The molecule has 136 valence electrons. The summed E-state index contributed by atoms with van der Waals surface area (Å²) in [5, 5.41) is 1.00. The maximum absolute atomic E-state index is 13.6. The van der Waals surface area contributed by atoms with Crippen LogP contribution in [0.15, 0.2) is 53.9 Å². The summed E-state index contributed by atoms with van der Waals surface area (Å²) in [6.07, 6.45) is 1.63. The Morgan fingerprint density at radius 1 is 1.00 bits per heavy atom. The highest BCUT2D eigenvalue weighted by molar-refractivity contribution is 8.04. The average molecular weight is 389 g/mol. The smallest absolute Gasteiger partial charge is 0.244 e. The number of anilines is 1. The van der Waals surface area contributed by atoms with E-state index in [9.17, 15) is 22.8 Å². The van der Waals surface area contributed by atoms with E-state index in [1.807, 2.05) is 0 Å². The van der Waals surface area contributed by atoms with Gasteiger partial charge >= 0.3 is 11.9 Å². The molecule has 2 aliphatic rings. The van der Waals surface area contributed by atoms with Gasteiger partial charge in [-0.25, -0.2) is 18.0 Å². The Morgan fingerprint density at radius 2 is 1.74 bits per heavy atom. The second-order valence-corrected chi connectivity index (χ2v) is 7.06. The first kappa shape index (κ1) is 17.5. The number of rotatable bonds is 3. The van der Waals surface area contributed by atoms with Crippen molar-refractivity contribution in [2.75, 3.05) is 4.90 Å². The molecular weight excluding hydrogens is 377 g/mol. The minimum Gasteiger partial charge on any atom is -0.244 e. The fourth-order valence-electron chi connectivity index (χ4n) is 3.10. The zero-order valence-corrected chi connectivity index (χ0v) is 14.6. The predicted molar refractivity (Wildman–Crippen MR) is 95.1 cm³/mol. The van der Waals surface area contributed by atoms with Crippen LogP contribution in [0.1, 0.15) is 5.56 Å². The Labute approximate surface area is 156 Å². The zero-order chi connectivity index (χ0) is 19.1. The van der Waals surface area contributed by atoms with Crippen LogP contribution < -0.4 is 4.90 Å². The Balaban J connectivity index is 1.78. The molecule has 4 rings (SSSR count). The number of carbonyl (C=O) groups excluding carboxylic acids is 2. The van der Waals surface area contributed by atoms with Crippen molar-refractivity contribution in [1.29, 1.82) is 0 Å². The number of benzene rings is 2. The van der Waals surface area contributed by atoms with Gasteiger partial charge in [-0.2, -0.15) is 9.37 Å². The average Bonchev–Trinajstić information content (AvgIpc) is 3.08. The Hall–Kier alpha value is -2.87. The molecule has 2 aliphatic heterocycles. The summed E-state index contributed by atoms with van der Waals surface area (Å²) in [5.74, 6) is -2.59. The van der Waals surface area contributed by atoms with E-state index in [0.717, 1.165) is 29.2 Å². The molecule has 0 spiro atoms. The topological polar surface area (TPSA) is 40.4 Å². The third kappa shape index (κ3) is 3.16. The van der Waals surface area contributed by atoms with Gasteiger partial charge in [0.05, 0.1) is 0 Å². The van der Waals surface area contributed by atoms with E-state index in [2.05, 4.69) is 0 Å². The number of halogens is 3. The van der Waals surface area contributed by atoms with Crippen LogP contribution in [0, 0.1) is 17.5 Å². The molecule has 0 N–H and O–H groups in total. The van der Waals surface area contributed by atoms with Crippen molar-refractivity contribution >= 4 is 35.1 Å². The minimum absolute atomic E-state index is 0.104. The number of hydrogen-bond donors (Lipinski definition) is 0. The highest BCUT2D eigenvalue weighted by atomic mass is 32.2. The predicted octanol–water partition coefficient (Wildman–Crippen LogP) is 3.85. The van der Waals surface area contributed by atoms with Crippen LogP contribution >= 0.6 is 11.8 Å². The second-order valence-electron chi connectivity index (χ2n) is 6.04. The molecule has 0 saturated heterocycles. The summed E-state index contributed by atoms with van der Waals surface area (Å²) >= 11 is 1.22. The van der Waals surface area contributed by atoms with E-state index < -0.39 is 34.6 Å². The quantitative estimate of drug-likeness (QED) is 0.749. The SMILES string of the molecule is O=C1C2SC=CC2=[N+](Cc2cc(F)cc(F)c2)C(=O)N1c1cccc(F)c1. The van der Waals surface area contributed by atoms with Crippen molar-refractivity contribution in [2.45, 2.75) is 11.8 Å². The summed E-state index contributed by atoms with van der Waals surface area (Å²) in [7, 11) is 0. The van der Waals surface area contributed by atoms with Crippen LogP contribution in [-0.4, -0.2) is 27.5 Å². The number of carbonyl (C=O) groups is 2. The monoisotopic (exact) mass is 389 g/mol. The van der Waals surface area contributed by atoms with Gasteiger partial charge in [-0.05, 0) is 41.3 Å². The Kier molecular flexibility index (Phi) is 4.35. The number of imide groups is 1. The van der Waals surface area contributed by atoms with Gasteiger partial charge in [0.2, 0.25) is 0 Å². The van der Waals surface area contributed by atoms with E-state index in [0.29, 0.717) is 5.71 Å². The van der Waals surface area contributed by atoms with Crippen molar-refractivity contribution in [3.8, 4) is 0 Å². The third-order valence-corrected chi connectivity index (χ3v) is 5.24. The molecule has 1 atom stereocenters. The number of amides is 3. The van der Waals surface area contributed by atoms with Crippen LogP contribution in [-0.2, 0) is 11.3 Å². The van der Waals surface area contributed by atoms with Crippen LogP contribution in [0.2, 0.25) is 0 Å². The molecule has 1 unspecified atom stereocenters. The molecule has 0 aromatic heterocycles. The van der Waals surface area contributed by atoms with E-state index in [-0.39, 0.29) is 17.8 Å². The summed E-state index contributed by atoms with van der Waals surface area (Å²) < 4.78 is 41.9. The summed E-state index contributed by atoms with van der Waals surface area (Å²) in [6.45, 7) is -0.122. The van der Waals surface area contributed by atoms with Gasteiger partial charge < -0.3 is 0 Å². The summed E-state index contributed by atoms with van der Waals surface area (Å²) in [4.78, 5) is 26.7. The van der Waals surface area contributed by atoms with Crippen molar-refractivity contribution in [3.63, 3.8) is 0 Å². The first-order valence-electron chi connectivity index (χ1n) is 7.99. The van der Waals surface area contributed by atoms with Crippen LogP contribution in [0.3, 0.4) is 0 Å². The zero-order valence-electron chi connectivity index (χ0n) is 13.7. The lowest BCUT2D eigenvalue weighted by molar-refractivity contribution is -0.444. The summed E-state index contributed by atoms with van der Waals surface area (Å²) in [5.41, 5.74) is 0.783. The highest BCUT2D eigenvalue weighted by Crippen LogP contribution is 2.31. The molecule has 4 nitrogen and oxygen atoms in total. The molecule has 8 heteroatoms. The first-order valence-corrected chi connectivity index (χ1v) is 8.93. The van der Waals surface area contributed by atoms with Gasteiger partial charge in [0, 0.05) is 12.1 Å². The Bertz CT molecular complexity index is 1020. The number of urea groups is 1. The van der Waals surface area contributed by atoms with Crippen molar-refractivity contribution in [1.82, 2.24) is 0 Å². The van der Waals surface area contributed by atoms with Crippen molar-refractivity contribution in [3.05, 3.63) is 77.0 Å². The van der Waals surface area contributed by atoms with Gasteiger partial charge in [0.1, 0.15) is 35.4 Å². The number of thioether (sulfide) groups is 1. The van der Waals surface area contributed by atoms with Gasteiger partial charge in [-0.1, -0.05) is 6.07 Å². The lowest BCUT2D eigenvalue weighted by Crippen LogP contribution is -2.55. The van der Waals surface area contributed by atoms with Gasteiger partial charge in [0.15, 0.2) is 5.25 Å². The number of nitrogens with zero attached hydrogens (tertiary/aromatic N) is 2. The van der Waals surface area contributed by atoms with Gasteiger partial charge in [0.25, 0.3) is 0 Å². The van der Waals surface area contributed by atoms with Crippen molar-refractivity contribution < 1.29 is 27.3 Å². The standard InChI is InChI=1S/C19H12F3N2O2S/c20-12-2-1-3-15(9-12)24-18(25)17-16(4-5-27-17)23(19(24)26)10-11-6-13(21)8-14(22)7-11/h1-9,17H,10H2/q+1. The second kappa shape index (κ2) is 6.70. The van der Waals surface area contributed by atoms with Crippen LogP contribution in [0.25, 0.3) is 0 Å². The van der Waals surface area contributed by atoms with Crippen molar-refractivity contribution in [2.24, 2.45) is 0 Å². The molecule has 2 heterocycles. The highest BCUT2D eigenvalue weighted by Gasteiger charge is 2.50. The molecular formula is C19H12F3N2O2S+. The van der Waals surface area contributed by atoms with Crippen LogP contribution in [0.4, 0.5) is 23.7 Å². The number of allylic oxidation sites excluding steroid dienone is 1. The largest absolute Gasteiger partial charge is 0.506 e. The molecule has 0 radical (unpaired) electrons. The first-order chi connectivity index (χ1) is 12.9. The maximum Gasteiger partial charge on any atom is 0.506 e. The molecule has 2 aromatic carbocycles. The fraction of sp³-hybridized carbons (Fsp3) is 0.105. The minimum atomic E-state index is -0.759. The molecule has 0 saturated carbocycles. The van der Waals surface area contributed by atoms with E-state index >= 15 is 0 Å². The molecule has 27 heavy (non-hydrogen) atoms. The molecule has 2 aromatic rings. The van der Waals surface area contributed by atoms with Gasteiger partial charge in [-0.15, -0.1) is 16.7 Å². The van der Waals surface area contributed by atoms with E-state index in [1.165, 1.54) is 34.5 Å². The molecule has 0 aliphatic carbocycles. The van der Waals surface area contributed by atoms with Crippen LogP contribution in [0.5, 0.6) is 0 Å².